The zero-order valence-electron chi connectivity index (χ0n) is 8.18. The lowest BCUT2D eigenvalue weighted by Gasteiger charge is -2.13. The van der Waals surface area contributed by atoms with Gasteiger partial charge >= 0.3 is 0 Å². The largest absolute Gasteiger partial charge is 0.126 e. The van der Waals surface area contributed by atoms with Gasteiger partial charge in [-0.1, -0.05) is 30.7 Å². The van der Waals surface area contributed by atoms with Gasteiger partial charge in [-0.3, -0.25) is 0 Å². The molecule has 0 saturated carbocycles. The Bertz CT molecular complexity index is 281. The van der Waals surface area contributed by atoms with Crippen molar-refractivity contribution in [1.29, 1.82) is 0 Å². The number of thioether (sulfide) groups is 1. The summed E-state index contributed by atoms with van der Waals surface area (Å²) in [5, 5.41) is 0. The van der Waals surface area contributed by atoms with Crippen LogP contribution in [0, 0.1) is 0 Å². The Morgan fingerprint density at radius 2 is 2.23 bits per heavy atom. The third kappa shape index (κ3) is 2.08. The lowest BCUT2D eigenvalue weighted by atomic mass is 9.96. The summed E-state index contributed by atoms with van der Waals surface area (Å²) in [7, 11) is 0. The molecule has 0 nitrogen and oxygen atoms in total. The fraction of sp³-hybridized carbons (Fsp3) is 0.500. The van der Waals surface area contributed by atoms with Gasteiger partial charge in [0.25, 0.3) is 0 Å². The van der Waals surface area contributed by atoms with Gasteiger partial charge in [0.15, 0.2) is 0 Å². The molecule has 0 aromatic rings. The highest BCUT2D eigenvalue weighted by atomic mass is 32.2. The van der Waals surface area contributed by atoms with Crippen molar-refractivity contribution < 1.29 is 0 Å². The highest BCUT2D eigenvalue weighted by Crippen LogP contribution is 2.35. The molecular formula is C12H16S. The van der Waals surface area contributed by atoms with Crippen LogP contribution in [-0.4, -0.2) is 5.75 Å². The van der Waals surface area contributed by atoms with Crippen LogP contribution in [0.2, 0.25) is 0 Å². The van der Waals surface area contributed by atoms with E-state index in [0.29, 0.717) is 0 Å². The molecule has 0 aromatic heterocycles. The zero-order valence-corrected chi connectivity index (χ0v) is 8.99. The number of allylic oxidation sites excluding steroid dienone is 5. The number of hydrogen-bond acceptors (Lipinski definition) is 1. The van der Waals surface area contributed by atoms with Crippen molar-refractivity contribution >= 4 is 11.8 Å². The fourth-order valence-corrected chi connectivity index (χ4v) is 2.87. The van der Waals surface area contributed by atoms with Crippen molar-refractivity contribution in [3.63, 3.8) is 0 Å². The molecule has 2 aliphatic rings. The second kappa shape index (κ2) is 4.19. The van der Waals surface area contributed by atoms with E-state index in [1.54, 1.807) is 16.1 Å². The molecule has 0 N–H and O–H groups in total. The fourth-order valence-electron chi connectivity index (χ4n) is 1.82. The summed E-state index contributed by atoms with van der Waals surface area (Å²) < 4.78 is 0. The molecule has 0 saturated heterocycles. The van der Waals surface area contributed by atoms with Gasteiger partial charge in [0.05, 0.1) is 0 Å². The van der Waals surface area contributed by atoms with Crippen LogP contribution in [0.15, 0.2) is 34.3 Å². The molecule has 1 aliphatic carbocycles. The van der Waals surface area contributed by atoms with Crippen LogP contribution in [0.3, 0.4) is 0 Å². The van der Waals surface area contributed by atoms with E-state index in [0.717, 1.165) is 0 Å². The Hall–Kier alpha value is -0.430. The first-order chi connectivity index (χ1) is 6.40. The summed E-state index contributed by atoms with van der Waals surface area (Å²) in [5.41, 5.74) is 3.17. The number of rotatable bonds is 2. The van der Waals surface area contributed by atoms with Crippen molar-refractivity contribution in [3.8, 4) is 0 Å². The van der Waals surface area contributed by atoms with Crippen LogP contribution < -0.4 is 0 Å². The first-order valence-electron chi connectivity index (χ1n) is 5.12. The molecule has 0 unspecified atom stereocenters. The maximum Gasteiger partial charge on any atom is 0.00646 e. The van der Waals surface area contributed by atoms with Crippen LogP contribution in [0.5, 0.6) is 0 Å². The van der Waals surface area contributed by atoms with Crippen molar-refractivity contribution in [2.45, 2.75) is 32.6 Å². The van der Waals surface area contributed by atoms with Gasteiger partial charge in [0, 0.05) is 10.7 Å². The van der Waals surface area contributed by atoms with Gasteiger partial charge in [-0.15, -0.1) is 11.8 Å². The molecular weight excluding hydrogens is 176 g/mol. The summed E-state index contributed by atoms with van der Waals surface area (Å²) in [6.07, 6.45) is 12.1. The predicted octanol–water partition coefficient (Wildman–Crippen LogP) is 4.06. The molecule has 1 aliphatic heterocycles. The summed E-state index contributed by atoms with van der Waals surface area (Å²) in [4.78, 5) is 1.55. The van der Waals surface area contributed by atoms with E-state index < -0.39 is 0 Å². The summed E-state index contributed by atoms with van der Waals surface area (Å²) in [5.74, 6) is 1.29. The van der Waals surface area contributed by atoms with Gasteiger partial charge in [0.1, 0.15) is 0 Å². The van der Waals surface area contributed by atoms with Gasteiger partial charge in [-0.05, 0) is 31.3 Å². The number of hydrogen-bond donors (Lipinski definition) is 0. The van der Waals surface area contributed by atoms with E-state index in [9.17, 15) is 0 Å². The molecule has 0 bridgehead atoms. The van der Waals surface area contributed by atoms with Crippen molar-refractivity contribution in [2.24, 2.45) is 0 Å². The first kappa shape index (κ1) is 9.14. The van der Waals surface area contributed by atoms with Crippen LogP contribution in [-0.2, 0) is 0 Å². The summed E-state index contributed by atoms with van der Waals surface area (Å²) >= 11 is 2.02. The van der Waals surface area contributed by atoms with Gasteiger partial charge in [-0.25, -0.2) is 0 Å². The monoisotopic (exact) mass is 192 g/mol. The van der Waals surface area contributed by atoms with Crippen molar-refractivity contribution in [3.05, 3.63) is 34.3 Å². The van der Waals surface area contributed by atoms with E-state index in [-0.39, 0.29) is 0 Å². The Morgan fingerprint density at radius 1 is 1.31 bits per heavy atom. The van der Waals surface area contributed by atoms with Gasteiger partial charge < -0.3 is 0 Å². The summed E-state index contributed by atoms with van der Waals surface area (Å²) in [6, 6.07) is 0. The molecule has 0 spiro atoms. The molecule has 0 aromatic carbocycles. The SMILES string of the molecule is CCC1=CC=C(C2=CCCS2)CC1. The third-order valence-electron chi connectivity index (χ3n) is 2.71. The van der Waals surface area contributed by atoms with Crippen LogP contribution in [0.25, 0.3) is 0 Å². The van der Waals surface area contributed by atoms with E-state index in [1.807, 2.05) is 11.8 Å². The average Bonchev–Trinajstić information content (AvgIpc) is 2.71. The lowest BCUT2D eigenvalue weighted by molar-refractivity contribution is 0.870. The normalized spacial score (nSPS) is 22.4. The quantitative estimate of drug-likeness (QED) is 0.635. The molecule has 0 amide bonds. The average molecular weight is 192 g/mol. The maximum absolute atomic E-state index is 2.39. The molecule has 1 heteroatoms. The van der Waals surface area contributed by atoms with Gasteiger partial charge in [0.2, 0.25) is 0 Å². The molecule has 1 heterocycles. The Balaban J connectivity index is 2.09. The molecule has 13 heavy (non-hydrogen) atoms. The highest BCUT2D eigenvalue weighted by Gasteiger charge is 2.12. The molecule has 70 valence electrons. The third-order valence-corrected chi connectivity index (χ3v) is 3.89. The minimum Gasteiger partial charge on any atom is -0.126 e. The lowest BCUT2D eigenvalue weighted by Crippen LogP contribution is -1.93. The van der Waals surface area contributed by atoms with E-state index in [1.165, 1.54) is 31.4 Å². The molecule has 0 atom stereocenters. The zero-order chi connectivity index (χ0) is 9.10. The van der Waals surface area contributed by atoms with Crippen LogP contribution in [0.4, 0.5) is 0 Å². The smallest absolute Gasteiger partial charge is 0.00646 e. The first-order valence-corrected chi connectivity index (χ1v) is 6.10. The Morgan fingerprint density at radius 3 is 2.77 bits per heavy atom. The van der Waals surface area contributed by atoms with Crippen LogP contribution in [0.1, 0.15) is 32.6 Å². The summed E-state index contributed by atoms with van der Waals surface area (Å²) in [6.45, 7) is 2.24. The van der Waals surface area contributed by atoms with Crippen molar-refractivity contribution in [1.82, 2.24) is 0 Å². The topological polar surface area (TPSA) is 0 Å². The predicted molar refractivity (Wildman–Crippen MR) is 60.8 cm³/mol. The standard InChI is InChI=1S/C12H16S/c1-2-10-5-7-11(8-6-10)12-4-3-9-13-12/h4-5,7H,2-3,6,8-9H2,1H3. The molecule has 0 radical (unpaired) electrons. The molecule has 2 rings (SSSR count). The van der Waals surface area contributed by atoms with E-state index in [4.69, 9.17) is 0 Å². The van der Waals surface area contributed by atoms with Gasteiger partial charge in [-0.2, -0.15) is 0 Å². The minimum absolute atomic E-state index is 1.22. The highest BCUT2D eigenvalue weighted by molar-refractivity contribution is 8.03. The van der Waals surface area contributed by atoms with Crippen LogP contribution >= 0.6 is 11.8 Å². The van der Waals surface area contributed by atoms with E-state index >= 15 is 0 Å². The molecule has 0 fully saturated rings. The Kier molecular flexibility index (Phi) is 2.94. The van der Waals surface area contributed by atoms with Crippen molar-refractivity contribution in [2.75, 3.05) is 5.75 Å². The Labute approximate surface area is 84.8 Å². The van der Waals surface area contributed by atoms with E-state index in [2.05, 4.69) is 25.2 Å². The maximum atomic E-state index is 2.39. The second-order valence-corrected chi connectivity index (χ2v) is 4.71. The minimum atomic E-state index is 1.22. The second-order valence-electron chi connectivity index (χ2n) is 3.58.